The van der Waals surface area contributed by atoms with Gasteiger partial charge >= 0.3 is 0 Å². The molecule has 0 aliphatic carbocycles. The number of halogens is 2. The maximum Gasteiger partial charge on any atom is 0.254 e. The molecule has 1 aliphatic rings. The van der Waals surface area contributed by atoms with Crippen molar-refractivity contribution < 1.29 is 9.59 Å². The third kappa shape index (κ3) is 4.96. The lowest BCUT2D eigenvalue weighted by Gasteiger charge is -2.38. The molecule has 4 nitrogen and oxygen atoms in total. The Bertz CT molecular complexity index is 1180. The van der Waals surface area contributed by atoms with E-state index in [9.17, 15) is 9.59 Å². The molecule has 1 atom stereocenters. The number of nitrogens with zero attached hydrogens (tertiary/aromatic N) is 2. The highest BCUT2D eigenvalue weighted by molar-refractivity contribution is 7.10. The number of thiophene rings is 1. The van der Waals surface area contributed by atoms with Crippen molar-refractivity contribution in [3.05, 3.63) is 91.1 Å². The molecule has 3 aromatic rings. The molecule has 0 saturated heterocycles. The number of benzene rings is 2. The Morgan fingerprint density at radius 2 is 1.88 bits per heavy atom. The van der Waals surface area contributed by atoms with Gasteiger partial charge in [-0.1, -0.05) is 54.4 Å². The maximum atomic E-state index is 13.7. The molecule has 0 fully saturated rings. The summed E-state index contributed by atoms with van der Waals surface area (Å²) in [6.45, 7) is 5.21. The molecule has 172 valence electrons. The van der Waals surface area contributed by atoms with Crippen molar-refractivity contribution in [1.29, 1.82) is 0 Å². The molecule has 4 rings (SSSR count). The van der Waals surface area contributed by atoms with Gasteiger partial charge in [-0.15, -0.1) is 11.3 Å². The molecule has 0 N–H and O–H groups in total. The largest absolute Gasteiger partial charge is 0.330 e. The number of rotatable bonds is 6. The molecule has 1 aliphatic heterocycles. The Hall–Kier alpha value is -2.34. The minimum atomic E-state index is -0.218. The summed E-state index contributed by atoms with van der Waals surface area (Å²) >= 11 is 13.9. The molecular weight excluding hydrogens is 475 g/mol. The van der Waals surface area contributed by atoms with Crippen LogP contribution < -0.4 is 0 Å². The van der Waals surface area contributed by atoms with Gasteiger partial charge in [-0.05, 0) is 66.1 Å². The van der Waals surface area contributed by atoms with Crippen LogP contribution in [-0.2, 0) is 11.2 Å². The highest BCUT2D eigenvalue weighted by Gasteiger charge is 2.34. The van der Waals surface area contributed by atoms with Crippen LogP contribution in [0.15, 0.2) is 53.9 Å². The molecule has 1 unspecified atom stereocenters. The molecular formula is C26H26Cl2N2O2S. The summed E-state index contributed by atoms with van der Waals surface area (Å²) < 4.78 is 0. The zero-order chi connectivity index (χ0) is 23.5. The monoisotopic (exact) mass is 500 g/mol. The molecule has 1 aromatic heterocycles. The predicted molar refractivity (Wildman–Crippen MR) is 135 cm³/mol. The summed E-state index contributed by atoms with van der Waals surface area (Å²) in [6, 6.07) is 15.0. The lowest BCUT2D eigenvalue weighted by Crippen LogP contribution is -2.47. The summed E-state index contributed by atoms with van der Waals surface area (Å²) in [7, 11) is 0. The van der Waals surface area contributed by atoms with E-state index < -0.39 is 0 Å². The second-order valence-corrected chi connectivity index (χ2v) is 10.1. The summed E-state index contributed by atoms with van der Waals surface area (Å²) in [5.41, 5.74) is 3.89. The van der Waals surface area contributed by atoms with Crippen molar-refractivity contribution in [2.24, 2.45) is 0 Å². The van der Waals surface area contributed by atoms with E-state index in [0.717, 1.165) is 24.0 Å². The van der Waals surface area contributed by atoms with Crippen molar-refractivity contribution in [3.63, 3.8) is 0 Å². The van der Waals surface area contributed by atoms with Crippen molar-refractivity contribution >= 4 is 46.4 Å². The number of fused-ring (bicyclic) bond motifs is 1. The van der Waals surface area contributed by atoms with E-state index in [1.807, 2.05) is 24.0 Å². The summed E-state index contributed by atoms with van der Waals surface area (Å²) in [5, 5.41) is 2.82. The first kappa shape index (κ1) is 23.8. The van der Waals surface area contributed by atoms with Crippen molar-refractivity contribution in [1.82, 2.24) is 9.80 Å². The zero-order valence-electron chi connectivity index (χ0n) is 18.7. The Kier molecular flexibility index (Phi) is 7.42. The summed E-state index contributed by atoms with van der Waals surface area (Å²) in [5.74, 6) is -0.272. The van der Waals surface area contributed by atoms with Crippen LogP contribution in [-0.4, -0.2) is 41.2 Å². The molecule has 33 heavy (non-hydrogen) atoms. The minimum Gasteiger partial charge on any atom is -0.330 e. The molecule has 0 saturated carbocycles. The maximum absolute atomic E-state index is 13.7. The third-order valence-electron chi connectivity index (χ3n) is 6.04. The molecule has 7 heteroatoms. The quantitative estimate of drug-likeness (QED) is 0.393. The predicted octanol–water partition coefficient (Wildman–Crippen LogP) is 6.39. The van der Waals surface area contributed by atoms with Crippen molar-refractivity contribution in [3.8, 4) is 0 Å². The SMILES string of the molecule is CCCN(CC(=O)N1CCc2sccc2C1c1ccccc1C)C(=O)c1ccc(Cl)c(Cl)c1. The van der Waals surface area contributed by atoms with Crippen LogP contribution in [0.3, 0.4) is 0 Å². The zero-order valence-corrected chi connectivity index (χ0v) is 21.0. The van der Waals surface area contributed by atoms with E-state index >= 15 is 0 Å². The van der Waals surface area contributed by atoms with Gasteiger partial charge < -0.3 is 9.80 Å². The number of amides is 2. The smallest absolute Gasteiger partial charge is 0.254 e. The first-order chi connectivity index (χ1) is 15.9. The minimum absolute atomic E-state index is 0.0226. The summed E-state index contributed by atoms with van der Waals surface area (Å²) in [6.07, 6.45) is 1.58. The number of carbonyl (C=O) groups is 2. The third-order valence-corrected chi connectivity index (χ3v) is 7.78. The van der Waals surface area contributed by atoms with Crippen LogP contribution in [0.4, 0.5) is 0 Å². The summed E-state index contributed by atoms with van der Waals surface area (Å²) in [4.78, 5) is 31.8. The van der Waals surface area contributed by atoms with E-state index in [-0.39, 0.29) is 24.4 Å². The van der Waals surface area contributed by atoms with E-state index in [2.05, 4.69) is 30.5 Å². The number of hydrogen-bond acceptors (Lipinski definition) is 3. The highest BCUT2D eigenvalue weighted by Crippen LogP contribution is 2.39. The van der Waals surface area contributed by atoms with Gasteiger partial charge in [0.1, 0.15) is 6.54 Å². The van der Waals surface area contributed by atoms with Gasteiger partial charge in [0.05, 0.1) is 16.1 Å². The molecule has 2 heterocycles. The average molecular weight is 501 g/mol. The fourth-order valence-corrected chi connectivity index (χ4v) is 5.60. The molecule has 2 aromatic carbocycles. The average Bonchev–Trinajstić information content (AvgIpc) is 3.29. The van der Waals surface area contributed by atoms with Gasteiger partial charge in [0.25, 0.3) is 5.91 Å². The lowest BCUT2D eigenvalue weighted by molar-refractivity contribution is -0.134. The van der Waals surface area contributed by atoms with Crippen LogP contribution in [0.25, 0.3) is 0 Å². The van der Waals surface area contributed by atoms with E-state index in [1.165, 1.54) is 10.4 Å². The van der Waals surface area contributed by atoms with Gasteiger partial charge in [-0.3, -0.25) is 9.59 Å². The first-order valence-corrected chi connectivity index (χ1v) is 12.7. The van der Waals surface area contributed by atoms with Crippen LogP contribution >= 0.6 is 34.5 Å². The van der Waals surface area contributed by atoms with E-state index in [0.29, 0.717) is 28.7 Å². The molecule has 2 amide bonds. The molecule has 0 spiro atoms. The normalized spacial score (nSPS) is 15.3. The molecule has 0 radical (unpaired) electrons. The Morgan fingerprint density at radius 1 is 1.09 bits per heavy atom. The second kappa shape index (κ2) is 10.3. The Morgan fingerprint density at radius 3 is 2.61 bits per heavy atom. The van der Waals surface area contributed by atoms with Gasteiger partial charge in [0, 0.05) is 23.5 Å². The van der Waals surface area contributed by atoms with Gasteiger partial charge in [-0.2, -0.15) is 0 Å². The van der Waals surface area contributed by atoms with Crippen LogP contribution in [0.1, 0.15) is 51.3 Å². The van der Waals surface area contributed by atoms with E-state index in [1.54, 1.807) is 34.4 Å². The number of aryl methyl sites for hydroxylation is 1. The van der Waals surface area contributed by atoms with Gasteiger partial charge in [-0.25, -0.2) is 0 Å². The standard InChI is InChI=1S/C26H26Cl2N2O2S/c1-3-12-29(26(32)18-8-9-21(27)22(28)15-18)16-24(31)30-13-10-23-20(11-14-33-23)25(30)19-7-5-4-6-17(19)2/h4-9,11,14-15,25H,3,10,12-13,16H2,1-2H3. The fraction of sp³-hybridized carbons (Fsp3) is 0.308. The van der Waals surface area contributed by atoms with Crippen LogP contribution in [0, 0.1) is 6.92 Å². The van der Waals surface area contributed by atoms with Crippen LogP contribution in [0.2, 0.25) is 10.0 Å². The Labute approximate surface area is 208 Å². The topological polar surface area (TPSA) is 40.6 Å². The van der Waals surface area contributed by atoms with E-state index in [4.69, 9.17) is 23.2 Å². The fourth-order valence-electron chi connectivity index (χ4n) is 4.40. The van der Waals surface area contributed by atoms with Gasteiger partial charge in [0.15, 0.2) is 0 Å². The Balaban J connectivity index is 1.62. The van der Waals surface area contributed by atoms with Crippen LogP contribution in [0.5, 0.6) is 0 Å². The highest BCUT2D eigenvalue weighted by atomic mass is 35.5. The van der Waals surface area contributed by atoms with Crippen molar-refractivity contribution in [2.45, 2.75) is 32.7 Å². The van der Waals surface area contributed by atoms with Gasteiger partial charge in [0.2, 0.25) is 5.91 Å². The van der Waals surface area contributed by atoms with Crippen molar-refractivity contribution in [2.75, 3.05) is 19.6 Å². The first-order valence-electron chi connectivity index (χ1n) is 11.1. The number of hydrogen-bond donors (Lipinski definition) is 0. The lowest BCUT2D eigenvalue weighted by atomic mass is 9.90. The second-order valence-electron chi connectivity index (χ2n) is 8.25. The molecule has 0 bridgehead atoms. The number of carbonyl (C=O) groups excluding carboxylic acids is 2.